The Hall–Kier alpha value is -2.41. The SMILES string of the molecule is Cc1ccc(-c2cc(CO)n(CCNC(=O)OC(C)(C)C)n2)nc1. The average molecular weight is 332 g/mol. The normalized spacial score (nSPS) is 11.4. The number of aromatic nitrogens is 3. The summed E-state index contributed by atoms with van der Waals surface area (Å²) in [7, 11) is 0. The molecule has 7 nitrogen and oxygen atoms in total. The molecule has 0 radical (unpaired) electrons. The van der Waals surface area contributed by atoms with E-state index in [1.165, 1.54) is 0 Å². The molecule has 0 atom stereocenters. The van der Waals surface area contributed by atoms with E-state index < -0.39 is 11.7 Å². The maximum atomic E-state index is 11.6. The Morgan fingerprint density at radius 3 is 2.67 bits per heavy atom. The summed E-state index contributed by atoms with van der Waals surface area (Å²) >= 11 is 0. The first-order valence-corrected chi connectivity index (χ1v) is 7.86. The van der Waals surface area contributed by atoms with Gasteiger partial charge in [-0.1, -0.05) is 6.07 Å². The van der Waals surface area contributed by atoms with Gasteiger partial charge in [-0.3, -0.25) is 9.67 Å². The van der Waals surface area contributed by atoms with Crippen LogP contribution >= 0.6 is 0 Å². The van der Waals surface area contributed by atoms with E-state index in [9.17, 15) is 9.90 Å². The molecule has 2 rings (SSSR count). The Kier molecular flexibility index (Phi) is 5.56. The van der Waals surface area contributed by atoms with E-state index in [1.54, 1.807) is 16.9 Å². The van der Waals surface area contributed by atoms with E-state index in [4.69, 9.17) is 4.74 Å². The number of aliphatic hydroxyl groups is 1. The largest absolute Gasteiger partial charge is 0.444 e. The van der Waals surface area contributed by atoms with Crippen LogP contribution in [0.1, 0.15) is 32.0 Å². The quantitative estimate of drug-likeness (QED) is 0.877. The Balaban J connectivity index is 2.00. The van der Waals surface area contributed by atoms with Gasteiger partial charge in [-0.05, 0) is 45.4 Å². The summed E-state index contributed by atoms with van der Waals surface area (Å²) in [6.45, 7) is 8.05. The van der Waals surface area contributed by atoms with Crippen molar-refractivity contribution in [2.75, 3.05) is 6.54 Å². The van der Waals surface area contributed by atoms with Crippen molar-refractivity contribution in [2.24, 2.45) is 0 Å². The summed E-state index contributed by atoms with van der Waals surface area (Å²) in [4.78, 5) is 16.0. The van der Waals surface area contributed by atoms with Gasteiger partial charge in [0.05, 0.1) is 24.5 Å². The van der Waals surface area contributed by atoms with Crippen LogP contribution in [-0.4, -0.2) is 38.1 Å². The lowest BCUT2D eigenvalue weighted by molar-refractivity contribution is 0.0525. The van der Waals surface area contributed by atoms with E-state index in [-0.39, 0.29) is 6.61 Å². The minimum absolute atomic E-state index is 0.134. The molecule has 0 aromatic carbocycles. The Labute approximate surface area is 141 Å². The van der Waals surface area contributed by atoms with E-state index in [0.717, 1.165) is 11.3 Å². The number of carbonyl (C=O) groups excluding carboxylic acids is 1. The summed E-state index contributed by atoms with van der Waals surface area (Å²) in [6, 6.07) is 5.65. The topological polar surface area (TPSA) is 89.3 Å². The third-order valence-electron chi connectivity index (χ3n) is 3.19. The molecule has 2 heterocycles. The first-order chi connectivity index (χ1) is 11.3. The number of alkyl carbamates (subject to hydrolysis) is 1. The van der Waals surface area contributed by atoms with Crippen molar-refractivity contribution in [3.05, 3.63) is 35.7 Å². The van der Waals surface area contributed by atoms with E-state index in [2.05, 4.69) is 15.4 Å². The Morgan fingerprint density at radius 2 is 2.08 bits per heavy atom. The molecule has 0 unspecified atom stereocenters. The molecule has 2 aromatic heterocycles. The van der Waals surface area contributed by atoms with Crippen molar-refractivity contribution < 1.29 is 14.6 Å². The molecule has 130 valence electrons. The monoisotopic (exact) mass is 332 g/mol. The number of pyridine rings is 1. The van der Waals surface area contributed by atoms with E-state index in [1.807, 2.05) is 39.8 Å². The second-order valence-corrected chi connectivity index (χ2v) is 6.55. The number of hydrogen-bond acceptors (Lipinski definition) is 5. The van der Waals surface area contributed by atoms with Gasteiger partial charge < -0.3 is 15.2 Å². The molecule has 0 bridgehead atoms. The van der Waals surface area contributed by atoms with Gasteiger partial charge in [0, 0.05) is 12.7 Å². The molecule has 7 heteroatoms. The number of aliphatic hydroxyl groups excluding tert-OH is 1. The van der Waals surface area contributed by atoms with Crippen LogP contribution < -0.4 is 5.32 Å². The van der Waals surface area contributed by atoms with Gasteiger partial charge in [-0.15, -0.1) is 0 Å². The first kappa shape index (κ1) is 17.9. The second-order valence-electron chi connectivity index (χ2n) is 6.55. The van der Waals surface area contributed by atoms with Gasteiger partial charge in [0.15, 0.2) is 0 Å². The minimum Gasteiger partial charge on any atom is -0.444 e. The third kappa shape index (κ3) is 5.06. The van der Waals surface area contributed by atoms with Crippen LogP contribution in [0.15, 0.2) is 24.4 Å². The fraction of sp³-hybridized carbons (Fsp3) is 0.471. The fourth-order valence-electron chi connectivity index (χ4n) is 2.10. The van der Waals surface area contributed by atoms with Crippen LogP contribution in [0.3, 0.4) is 0 Å². The van der Waals surface area contributed by atoms with Crippen molar-refractivity contribution in [2.45, 2.75) is 46.4 Å². The lowest BCUT2D eigenvalue weighted by Gasteiger charge is -2.19. The van der Waals surface area contributed by atoms with Crippen LogP contribution in [0, 0.1) is 6.92 Å². The third-order valence-corrected chi connectivity index (χ3v) is 3.19. The van der Waals surface area contributed by atoms with E-state index in [0.29, 0.717) is 24.5 Å². The van der Waals surface area contributed by atoms with Gasteiger partial charge >= 0.3 is 6.09 Å². The zero-order valence-corrected chi connectivity index (χ0v) is 14.5. The maximum Gasteiger partial charge on any atom is 0.407 e. The van der Waals surface area contributed by atoms with Crippen LogP contribution in [0.5, 0.6) is 0 Å². The van der Waals surface area contributed by atoms with Gasteiger partial charge in [0.1, 0.15) is 11.3 Å². The number of hydrogen-bond donors (Lipinski definition) is 2. The second kappa shape index (κ2) is 7.44. The highest BCUT2D eigenvalue weighted by Crippen LogP contribution is 2.17. The number of nitrogens with zero attached hydrogens (tertiary/aromatic N) is 3. The molecule has 1 amide bonds. The molecule has 0 aliphatic heterocycles. The van der Waals surface area contributed by atoms with Crippen LogP contribution in [-0.2, 0) is 17.9 Å². The zero-order valence-electron chi connectivity index (χ0n) is 14.5. The number of rotatable bonds is 5. The molecule has 0 fully saturated rings. The smallest absolute Gasteiger partial charge is 0.407 e. The highest BCUT2D eigenvalue weighted by Gasteiger charge is 2.16. The van der Waals surface area contributed by atoms with Gasteiger partial charge in [0.25, 0.3) is 0 Å². The zero-order chi connectivity index (χ0) is 17.7. The molecular formula is C17H24N4O3. The Bertz CT molecular complexity index is 687. The molecule has 0 aliphatic rings. The predicted octanol–water partition coefficient (Wildman–Crippen LogP) is 2.27. The first-order valence-electron chi connectivity index (χ1n) is 7.86. The van der Waals surface area contributed by atoms with Crippen molar-refractivity contribution in [3.63, 3.8) is 0 Å². The van der Waals surface area contributed by atoms with Gasteiger partial charge in [-0.2, -0.15) is 5.10 Å². The number of amides is 1. The lowest BCUT2D eigenvalue weighted by atomic mass is 10.2. The highest BCUT2D eigenvalue weighted by atomic mass is 16.6. The number of ether oxygens (including phenoxy) is 1. The van der Waals surface area contributed by atoms with Crippen molar-refractivity contribution >= 4 is 6.09 Å². The molecule has 0 saturated carbocycles. The lowest BCUT2D eigenvalue weighted by Crippen LogP contribution is -2.34. The predicted molar refractivity (Wildman–Crippen MR) is 90.4 cm³/mol. The molecule has 2 N–H and O–H groups in total. The summed E-state index contributed by atoms with van der Waals surface area (Å²) in [5.74, 6) is 0. The van der Waals surface area contributed by atoms with Crippen molar-refractivity contribution in [3.8, 4) is 11.4 Å². The molecule has 0 spiro atoms. The van der Waals surface area contributed by atoms with Crippen molar-refractivity contribution in [1.29, 1.82) is 0 Å². The minimum atomic E-state index is -0.531. The van der Waals surface area contributed by atoms with E-state index >= 15 is 0 Å². The average Bonchev–Trinajstić information content (AvgIpc) is 2.89. The summed E-state index contributed by atoms with van der Waals surface area (Å²) in [5.41, 5.74) is 2.64. The summed E-state index contributed by atoms with van der Waals surface area (Å²) < 4.78 is 6.84. The standard InChI is InChI=1S/C17H24N4O3/c1-12-5-6-14(19-10-12)15-9-13(11-22)21(20-15)8-7-18-16(23)24-17(2,3)4/h5-6,9-10,22H,7-8,11H2,1-4H3,(H,18,23). The summed E-state index contributed by atoms with van der Waals surface area (Å²) in [5, 5.41) is 16.6. The van der Waals surface area contributed by atoms with Crippen LogP contribution in [0.2, 0.25) is 0 Å². The molecule has 24 heavy (non-hydrogen) atoms. The number of aryl methyl sites for hydroxylation is 1. The summed E-state index contributed by atoms with van der Waals surface area (Å²) in [6.07, 6.45) is 1.30. The molecular weight excluding hydrogens is 308 g/mol. The highest BCUT2D eigenvalue weighted by molar-refractivity contribution is 5.67. The van der Waals surface area contributed by atoms with Crippen LogP contribution in [0.25, 0.3) is 11.4 Å². The van der Waals surface area contributed by atoms with Crippen molar-refractivity contribution in [1.82, 2.24) is 20.1 Å². The number of nitrogens with one attached hydrogen (secondary N) is 1. The fourth-order valence-corrected chi connectivity index (χ4v) is 2.10. The maximum absolute atomic E-state index is 11.6. The number of carbonyl (C=O) groups is 1. The van der Waals surface area contributed by atoms with Crippen LogP contribution in [0.4, 0.5) is 4.79 Å². The van der Waals surface area contributed by atoms with Gasteiger partial charge in [-0.25, -0.2) is 4.79 Å². The molecule has 0 aliphatic carbocycles. The Morgan fingerprint density at radius 1 is 1.33 bits per heavy atom. The molecule has 0 saturated heterocycles. The van der Waals surface area contributed by atoms with Gasteiger partial charge in [0.2, 0.25) is 0 Å². The molecule has 2 aromatic rings.